The Bertz CT molecular complexity index is 686. The van der Waals surface area contributed by atoms with Crippen molar-refractivity contribution in [3.8, 4) is 0 Å². The zero-order valence-corrected chi connectivity index (χ0v) is 11.7. The molecule has 0 bridgehead atoms. The van der Waals surface area contributed by atoms with Crippen LogP contribution < -0.4 is 5.32 Å². The van der Waals surface area contributed by atoms with Crippen LogP contribution in [0.25, 0.3) is 10.9 Å². The highest BCUT2D eigenvalue weighted by molar-refractivity contribution is 5.83. The maximum Gasteiger partial charge on any atom is 0.0483 e. The Balaban J connectivity index is 1.84. The van der Waals surface area contributed by atoms with Crippen LogP contribution in [0.2, 0.25) is 0 Å². The first-order chi connectivity index (χ1) is 9.88. The predicted octanol–water partition coefficient (Wildman–Crippen LogP) is 3.00. The lowest BCUT2D eigenvalue weighted by Crippen LogP contribution is -2.05. The zero-order chi connectivity index (χ0) is 13.8. The van der Waals surface area contributed by atoms with E-state index < -0.39 is 0 Å². The van der Waals surface area contributed by atoms with Crippen LogP contribution in [0.1, 0.15) is 11.1 Å². The van der Waals surface area contributed by atoms with E-state index in [0.717, 1.165) is 19.5 Å². The lowest BCUT2D eigenvalue weighted by Gasteiger charge is -2.07. The molecule has 0 atom stereocenters. The molecule has 102 valence electrons. The number of aromatic nitrogens is 2. The molecule has 0 amide bonds. The minimum absolute atomic E-state index is 0.907. The zero-order valence-electron chi connectivity index (χ0n) is 11.7. The van der Waals surface area contributed by atoms with Crippen LogP contribution in [0.5, 0.6) is 0 Å². The van der Waals surface area contributed by atoms with E-state index in [1.165, 1.54) is 22.0 Å². The van der Waals surface area contributed by atoms with Crippen LogP contribution in [-0.4, -0.2) is 16.6 Å². The lowest BCUT2D eigenvalue weighted by atomic mass is 10.1. The van der Waals surface area contributed by atoms with Gasteiger partial charge < -0.3 is 9.88 Å². The van der Waals surface area contributed by atoms with E-state index in [0.29, 0.717) is 0 Å². The molecule has 3 rings (SSSR count). The third-order valence-electron chi connectivity index (χ3n) is 3.64. The number of benzene rings is 1. The molecule has 0 aliphatic heterocycles. The fraction of sp³-hybridized carbons (Fsp3) is 0.235. The third kappa shape index (κ3) is 2.58. The minimum Gasteiger partial charge on any atom is -0.347 e. The maximum absolute atomic E-state index is 4.17. The van der Waals surface area contributed by atoms with Crippen molar-refractivity contribution in [2.75, 3.05) is 7.05 Å². The van der Waals surface area contributed by atoms with Gasteiger partial charge in [-0.15, -0.1) is 0 Å². The van der Waals surface area contributed by atoms with Gasteiger partial charge in [-0.3, -0.25) is 4.98 Å². The molecule has 0 unspecified atom stereocenters. The van der Waals surface area contributed by atoms with Crippen molar-refractivity contribution in [3.63, 3.8) is 0 Å². The summed E-state index contributed by atoms with van der Waals surface area (Å²) in [5.41, 5.74) is 3.94. The predicted molar refractivity (Wildman–Crippen MR) is 82.6 cm³/mol. The van der Waals surface area contributed by atoms with E-state index in [-0.39, 0.29) is 0 Å². The van der Waals surface area contributed by atoms with Gasteiger partial charge in [0.05, 0.1) is 0 Å². The van der Waals surface area contributed by atoms with Crippen molar-refractivity contribution in [2.24, 2.45) is 0 Å². The van der Waals surface area contributed by atoms with Crippen molar-refractivity contribution in [3.05, 3.63) is 66.1 Å². The molecule has 0 radical (unpaired) electrons. The van der Waals surface area contributed by atoms with Gasteiger partial charge in [0.1, 0.15) is 0 Å². The molecule has 2 aromatic heterocycles. The lowest BCUT2D eigenvalue weighted by molar-refractivity contribution is 0.721. The van der Waals surface area contributed by atoms with Gasteiger partial charge >= 0.3 is 0 Å². The second-order valence-corrected chi connectivity index (χ2v) is 5.00. The summed E-state index contributed by atoms with van der Waals surface area (Å²) in [6, 6.07) is 12.8. The molecular formula is C17H19N3. The Labute approximate surface area is 119 Å². The van der Waals surface area contributed by atoms with Gasteiger partial charge in [-0.05, 0) is 42.8 Å². The van der Waals surface area contributed by atoms with E-state index in [9.17, 15) is 0 Å². The second kappa shape index (κ2) is 5.88. The van der Waals surface area contributed by atoms with Crippen molar-refractivity contribution >= 4 is 10.9 Å². The summed E-state index contributed by atoms with van der Waals surface area (Å²) in [7, 11) is 1.98. The fourth-order valence-electron chi connectivity index (χ4n) is 2.62. The van der Waals surface area contributed by atoms with Crippen LogP contribution in [0, 0.1) is 0 Å². The van der Waals surface area contributed by atoms with Crippen LogP contribution in [0.4, 0.5) is 0 Å². The van der Waals surface area contributed by atoms with Crippen LogP contribution in [-0.2, 0) is 19.5 Å². The van der Waals surface area contributed by atoms with Crippen molar-refractivity contribution in [1.29, 1.82) is 0 Å². The molecule has 0 spiro atoms. The van der Waals surface area contributed by atoms with Gasteiger partial charge in [-0.1, -0.05) is 18.2 Å². The molecule has 3 heteroatoms. The molecule has 3 aromatic rings. The summed E-state index contributed by atoms with van der Waals surface area (Å²) in [5.74, 6) is 0. The third-order valence-corrected chi connectivity index (χ3v) is 3.64. The van der Waals surface area contributed by atoms with Gasteiger partial charge in [0.15, 0.2) is 0 Å². The Morgan fingerprint density at radius 2 is 2.10 bits per heavy atom. The molecule has 1 N–H and O–H groups in total. The first-order valence-corrected chi connectivity index (χ1v) is 6.99. The summed E-state index contributed by atoms with van der Waals surface area (Å²) < 4.78 is 2.32. The number of hydrogen-bond acceptors (Lipinski definition) is 2. The Kier molecular flexibility index (Phi) is 3.79. The molecule has 0 saturated carbocycles. The Morgan fingerprint density at radius 1 is 1.15 bits per heavy atom. The number of pyridine rings is 1. The van der Waals surface area contributed by atoms with E-state index in [2.05, 4.69) is 51.4 Å². The summed E-state index contributed by atoms with van der Waals surface area (Å²) in [6.45, 7) is 1.89. The monoisotopic (exact) mass is 265 g/mol. The molecule has 0 aliphatic carbocycles. The molecule has 20 heavy (non-hydrogen) atoms. The van der Waals surface area contributed by atoms with Gasteiger partial charge in [0, 0.05) is 42.6 Å². The first-order valence-electron chi connectivity index (χ1n) is 6.99. The quantitative estimate of drug-likeness (QED) is 0.768. The Hall–Kier alpha value is -2.13. The molecule has 0 aliphatic rings. The van der Waals surface area contributed by atoms with Crippen molar-refractivity contribution < 1.29 is 0 Å². The molecule has 0 fully saturated rings. The van der Waals surface area contributed by atoms with Gasteiger partial charge in [-0.2, -0.15) is 0 Å². The number of aryl methyl sites for hydroxylation is 2. The average molecular weight is 265 g/mol. The number of rotatable bonds is 5. The highest BCUT2D eigenvalue weighted by atomic mass is 14.9. The second-order valence-electron chi connectivity index (χ2n) is 5.00. The van der Waals surface area contributed by atoms with E-state index in [1.807, 2.05) is 25.5 Å². The fourth-order valence-corrected chi connectivity index (χ4v) is 2.62. The number of nitrogens with one attached hydrogen (secondary N) is 1. The normalized spacial score (nSPS) is 11.1. The first kappa shape index (κ1) is 12.9. The molecule has 1 aromatic carbocycles. The number of fused-ring (bicyclic) bond motifs is 1. The number of hydrogen-bond donors (Lipinski definition) is 1. The smallest absolute Gasteiger partial charge is 0.0483 e. The largest absolute Gasteiger partial charge is 0.347 e. The van der Waals surface area contributed by atoms with Gasteiger partial charge in [-0.25, -0.2) is 0 Å². The highest BCUT2D eigenvalue weighted by Crippen LogP contribution is 2.20. The average Bonchev–Trinajstić information content (AvgIpc) is 2.91. The van der Waals surface area contributed by atoms with E-state index in [4.69, 9.17) is 0 Å². The Morgan fingerprint density at radius 3 is 2.90 bits per heavy atom. The van der Waals surface area contributed by atoms with Gasteiger partial charge in [0.25, 0.3) is 0 Å². The van der Waals surface area contributed by atoms with Crippen molar-refractivity contribution in [1.82, 2.24) is 14.9 Å². The summed E-state index contributed by atoms with van der Waals surface area (Å²) in [6.07, 6.45) is 6.95. The summed E-state index contributed by atoms with van der Waals surface area (Å²) in [4.78, 5) is 4.17. The summed E-state index contributed by atoms with van der Waals surface area (Å²) >= 11 is 0. The minimum atomic E-state index is 0.907. The van der Waals surface area contributed by atoms with Crippen LogP contribution in [0.15, 0.2) is 55.0 Å². The standard InChI is InChI=1S/C17H19N3/c1-18-13-15-5-2-6-17-16(15)8-11-20(17)10-7-14-4-3-9-19-12-14/h2-6,8-9,11-12,18H,7,10,13H2,1H3. The van der Waals surface area contributed by atoms with Gasteiger partial charge in [0.2, 0.25) is 0 Å². The maximum atomic E-state index is 4.17. The SMILES string of the molecule is CNCc1cccc2c1ccn2CCc1cccnc1. The summed E-state index contributed by atoms with van der Waals surface area (Å²) in [5, 5.41) is 4.57. The molecule has 3 nitrogen and oxygen atoms in total. The van der Waals surface area contributed by atoms with Crippen LogP contribution >= 0.6 is 0 Å². The topological polar surface area (TPSA) is 29.9 Å². The molecule has 2 heterocycles. The number of nitrogens with zero attached hydrogens (tertiary/aromatic N) is 2. The van der Waals surface area contributed by atoms with E-state index in [1.54, 1.807) is 0 Å². The highest BCUT2D eigenvalue weighted by Gasteiger charge is 2.05. The molecule has 0 saturated heterocycles. The van der Waals surface area contributed by atoms with Crippen LogP contribution in [0.3, 0.4) is 0 Å². The van der Waals surface area contributed by atoms with E-state index >= 15 is 0 Å². The van der Waals surface area contributed by atoms with Crippen molar-refractivity contribution in [2.45, 2.75) is 19.5 Å². The molecular weight excluding hydrogens is 246 g/mol.